The first-order valence-electron chi connectivity index (χ1n) is 10.2. The molecule has 166 valence electrons. The smallest absolute Gasteiger partial charge is 0.139 e. The lowest BCUT2D eigenvalue weighted by Crippen LogP contribution is -2.26. The van der Waals surface area contributed by atoms with E-state index in [1.165, 1.54) is 12.1 Å². The standard InChI is InChI=1S/C24H35FN2O2S/c1-9-11-21(28)22(18(6)19-12-14-20(25)15-13-19)23(16(3)4)26-24(17(5)10-2)27(7)30(8)29/h9,12-16,21,28H,1,10-11H2,2-8H3/b22-18+,24-17-,26-23-. The summed E-state index contributed by atoms with van der Waals surface area (Å²) in [6.45, 7) is 13.7. The third-order valence-corrected chi connectivity index (χ3v) is 5.99. The molecule has 30 heavy (non-hydrogen) atoms. The van der Waals surface area contributed by atoms with E-state index in [1.54, 1.807) is 35.8 Å². The Kier molecular flexibility index (Phi) is 10.4. The van der Waals surface area contributed by atoms with E-state index in [2.05, 4.69) is 6.58 Å². The van der Waals surface area contributed by atoms with Crippen molar-refractivity contribution in [2.24, 2.45) is 10.9 Å². The fourth-order valence-corrected chi connectivity index (χ4v) is 3.51. The number of hydrogen-bond acceptors (Lipinski definition) is 3. The molecule has 0 aliphatic carbocycles. The molecule has 0 aromatic heterocycles. The van der Waals surface area contributed by atoms with Gasteiger partial charge in [-0.1, -0.05) is 39.0 Å². The van der Waals surface area contributed by atoms with Gasteiger partial charge in [-0.15, -0.1) is 6.58 Å². The van der Waals surface area contributed by atoms with Gasteiger partial charge in [-0.3, -0.25) is 4.31 Å². The predicted molar refractivity (Wildman–Crippen MR) is 127 cm³/mol. The molecule has 0 fully saturated rings. The van der Waals surface area contributed by atoms with Crippen LogP contribution in [0, 0.1) is 11.7 Å². The van der Waals surface area contributed by atoms with Crippen LogP contribution in [-0.2, 0) is 11.0 Å². The van der Waals surface area contributed by atoms with E-state index in [1.807, 2.05) is 34.6 Å². The Bertz CT molecular complexity index is 854. The minimum Gasteiger partial charge on any atom is -0.388 e. The van der Waals surface area contributed by atoms with Crippen molar-refractivity contribution in [2.75, 3.05) is 13.3 Å². The number of rotatable bonds is 10. The minimum absolute atomic E-state index is 0.00629. The molecule has 0 saturated heterocycles. The summed E-state index contributed by atoms with van der Waals surface area (Å²) in [6, 6.07) is 6.21. The van der Waals surface area contributed by atoms with Crippen molar-refractivity contribution < 1.29 is 13.7 Å². The second kappa shape index (κ2) is 12.0. The van der Waals surface area contributed by atoms with Crippen LogP contribution in [0.3, 0.4) is 0 Å². The molecule has 2 unspecified atom stereocenters. The molecule has 0 radical (unpaired) electrons. The summed E-state index contributed by atoms with van der Waals surface area (Å²) in [4.78, 5) is 4.94. The van der Waals surface area contributed by atoms with Gasteiger partial charge in [0.15, 0.2) is 0 Å². The van der Waals surface area contributed by atoms with Crippen molar-refractivity contribution in [3.63, 3.8) is 0 Å². The molecule has 4 nitrogen and oxygen atoms in total. The van der Waals surface area contributed by atoms with Crippen LogP contribution in [-0.4, -0.2) is 38.7 Å². The lowest BCUT2D eigenvalue weighted by Gasteiger charge is -2.25. The second-order valence-corrected chi connectivity index (χ2v) is 9.01. The van der Waals surface area contributed by atoms with E-state index >= 15 is 0 Å². The number of hydrogen-bond donors (Lipinski definition) is 1. The molecule has 0 heterocycles. The lowest BCUT2D eigenvalue weighted by molar-refractivity contribution is 0.220. The molecule has 0 aliphatic heterocycles. The molecule has 2 atom stereocenters. The van der Waals surface area contributed by atoms with Crippen LogP contribution < -0.4 is 0 Å². The van der Waals surface area contributed by atoms with Crippen LogP contribution in [0.5, 0.6) is 0 Å². The minimum atomic E-state index is -1.24. The molecule has 1 aromatic carbocycles. The molecule has 0 saturated carbocycles. The summed E-state index contributed by atoms with van der Waals surface area (Å²) < 4.78 is 27.3. The predicted octanol–water partition coefficient (Wildman–Crippen LogP) is 5.50. The van der Waals surface area contributed by atoms with E-state index in [0.29, 0.717) is 23.5 Å². The molecule has 0 spiro atoms. The Balaban J connectivity index is 3.84. The van der Waals surface area contributed by atoms with Gasteiger partial charge in [0.25, 0.3) is 0 Å². The van der Waals surface area contributed by atoms with Crippen molar-refractivity contribution in [1.82, 2.24) is 4.31 Å². The van der Waals surface area contributed by atoms with Crippen molar-refractivity contribution in [2.45, 2.75) is 53.6 Å². The zero-order valence-electron chi connectivity index (χ0n) is 19.2. The Labute approximate surface area is 183 Å². The zero-order valence-corrected chi connectivity index (χ0v) is 20.0. The molecular formula is C24H35FN2O2S. The SMILES string of the molecule is C=CCC(O)C(/C(=N\C(=C(/C)CC)N(C)S(C)=O)C(C)C)=C(/C)c1ccc(F)cc1. The average molecular weight is 435 g/mol. The number of halogens is 1. The maximum Gasteiger partial charge on any atom is 0.139 e. The van der Waals surface area contributed by atoms with Crippen LogP contribution in [0.1, 0.15) is 53.0 Å². The maximum atomic E-state index is 13.4. The van der Waals surface area contributed by atoms with Crippen molar-refractivity contribution in [1.29, 1.82) is 0 Å². The van der Waals surface area contributed by atoms with E-state index in [9.17, 15) is 13.7 Å². The first kappa shape index (κ1) is 26.0. The van der Waals surface area contributed by atoms with Gasteiger partial charge in [0.2, 0.25) is 0 Å². The molecule has 1 rings (SSSR count). The Morgan fingerprint density at radius 2 is 1.87 bits per heavy atom. The van der Waals surface area contributed by atoms with Gasteiger partial charge in [0, 0.05) is 18.9 Å². The molecule has 0 amide bonds. The highest BCUT2D eigenvalue weighted by Crippen LogP contribution is 2.28. The van der Waals surface area contributed by atoms with Crippen LogP contribution in [0.4, 0.5) is 4.39 Å². The average Bonchev–Trinajstić information content (AvgIpc) is 2.69. The number of aliphatic hydroxyl groups is 1. The quantitative estimate of drug-likeness (QED) is 0.390. The van der Waals surface area contributed by atoms with Crippen molar-refractivity contribution in [3.05, 3.63) is 65.3 Å². The van der Waals surface area contributed by atoms with Gasteiger partial charge in [-0.2, -0.15) is 0 Å². The van der Waals surface area contributed by atoms with Gasteiger partial charge in [0.1, 0.15) is 22.6 Å². The second-order valence-electron chi connectivity index (χ2n) is 7.62. The third kappa shape index (κ3) is 6.74. The van der Waals surface area contributed by atoms with Gasteiger partial charge < -0.3 is 5.11 Å². The van der Waals surface area contributed by atoms with Crippen molar-refractivity contribution >= 4 is 22.3 Å². The summed E-state index contributed by atoms with van der Waals surface area (Å²) in [7, 11) is 0.516. The summed E-state index contributed by atoms with van der Waals surface area (Å²) in [5.74, 6) is 0.318. The highest BCUT2D eigenvalue weighted by Gasteiger charge is 2.24. The number of nitrogens with zero attached hydrogens (tertiary/aromatic N) is 2. The number of aliphatic imine (C=N–C) groups is 1. The molecule has 6 heteroatoms. The molecule has 0 aliphatic rings. The first-order chi connectivity index (χ1) is 14.0. The molecular weight excluding hydrogens is 399 g/mol. The number of benzene rings is 1. The van der Waals surface area contributed by atoms with Crippen LogP contribution in [0.2, 0.25) is 0 Å². The summed E-state index contributed by atoms with van der Waals surface area (Å²) >= 11 is 0. The number of allylic oxidation sites excluding steroid dienone is 2. The monoisotopic (exact) mass is 434 g/mol. The number of aliphatic hydroxyl groups excluding tert-OH is 1. The van der Waals surface area contributed by atoms with E-state index in [4.69, 9.17) is 4.99 Å². The molecule has 0 bridgehead atoms. The summed E-state index contributed by atoms with van der Waals surface area (Å²) in [6.07, 6.45) is 3.59. The first-order valence-corrected chi connectivity index (χ1v) is 11.7. The topological polar surface area (TPSA) is 52.9 Å². The van der Waals surface area contributed by atoms with Gasteiger partial charge in [0.05, 0.1) is 11.8 Å². The summed E-state index contributed by atoms with van der Waals surface area (Å²) in [5.41, 5.74) is 4.04. The Hall–Kier alpha value is -2.05. The van der Waals surface area contributed by atoms with E-state index < -0.39 is 17.1 Å². The lowest BCUT2D eigenvalue weighted by atomic mass is 9.87. The van der Waals surface area contributed by atoms with Gasteiger partial charge in [-0.25, -0.2) is 13.6 Å². The fourth-order valence-electron chi connectivity index (χ4n) is 3.07. The third-order valence-electron chi connectivity index (χ3n) is 5.05. The zero-order chi connectivity index (χ0) is 23.0. The van der Waals surface area contributed by atoms with Gasteiger partial charge >= 0.3 is 0 Å². The van der Waals surface area contributed by atoms with Crippen LogP contribution in [0.25, 0.3) is 5.57 Å². The highest BCUT2D eigenvalue weighted by molar-refractivity contribution is 7.81. The van der Waals surface area contributed by atoms with Crippen LogP contribution >= 0.6 is 0 Å². The Morgan fingerprint density at radius 1 is 1.30 bits per heavy atom. The van der Waals surface area contributed by atoms with E-state index in [-0.39, 0.29) is 11.7 Å². The van der Waals surface area contributed by atoms with Crippen molar-refractivity contribution in [3.8, 4) is 0 Å². The Morgan fingerprint density at radius 3 is 2.30 bits per heavy atom. The molecule has 1 N–H and O–H groups in total. The van der Waals surface area contributed by atoms with E-state index in [0.717, 1.165) is 23.1 Å². The maximum absolute atomic E-state index is 13.4. The highest BCUT2D eigenvalue weighted by atomic mass is 32.2. The van der Waals surface area contributed by atoms with Gasteiger partial charge in [-0.05, 0) is 61.4 Å². The molecule has 1 aromatic rings. The largest absolute Gasteiger partial charge is 0.388 e. The normalized spacial score (nSPS) is 16.0. The summed E-state index contributed by atoms with van der Waals surface area (Å²) in [5, 5.41) is 11.0. The van der Waals surface area contributed by atoms with Crippen LogP contribution in [0.15, 0.2) is 58.9 Å². The fraction of sp³-hybridized carbons (Fsp3) is 0.458.